The first-order valence-electron chi connectivity index (χ1n) is 7.12. The normalized spacial score (nSPS) is 17.1. The van der Waals surface area contributed by atoms with E-state index in [-0.39, 0.29) is 12.3 Å². The van der Waals surface area contributed by atoms with Crippen LogP contribution >= 0.6 is 0 Å². The molecule has 0 spiro atoms. The lowest BCUT2D eigenvalue weighted by molar-refractivity contribution is -0.385. The van der Waals surface area contributed by atoms with Crippen molar-refractivity contribution in [1.29, 1.82) is 0 Å². The quantitative estimate of drug-likeness (QED) is 0.641. The summed E-state index contributed by atoms with van der Waals surface area (Å²) in [5, 5.41) is 20.7. The summed E-state index contributed by atoms with van der Waals surface area (Å²) in [7, 11) is 0. The number of nitrogens with zero attached hydrogens (tertiary/aromatic N) is 1. The van der Waals surface area contributed by atoms with Gasteiger partial charge in [0.2, 0.25) is 0 Å². The summed E-state index contributed by atoms with van der Waals surface area (Å²) < 4.78 is 5.55. The van der Waals surface area contributed by atoms with Gasteiger partial charge in [-0.2, -0.15) is 0 Å². The molecule has 1 aliphatic rings. The first-order chi connectivity index (χ1) is 9.56. The van der Waals surface area contributed by atoms with Gasteiger partial charge in [0.25, 0.3) is 5.69 Å². The Bertz CT molecular complexity index is 469. The molecule has 0 heterocycles. The van der Waals surface area contributed by atoms with Crippen LogP contribution in [-0.4, -0.2) is 22.7 Å². The molecule has 5 nitrogen and oxygen atoms in total. The number of non-ortho nitro benzene ring substituents is 1. The molecule has 0 saturated heterocycles. The largest absolute Gasteiger partial charge is 0.490 e. The molecule has 0 aromatic heterocycles. The van der Waals surface area contributed by atoms with E-state index in [0.717, 1.165) is 12.0 Å². The molecule has 0 amide bonds. The maximum atomic E-state index is 10.7. The van der Waals surface area contributed by atoms with Gasteiger partial charge < -0.3 is 9.84 Å². The highest BCUT2D eigenvalue weighted by molar-refractivity contribution is 5.43. The molecule has 20 heavy (non-hydrogen) atoms. The maximum Gasteiger partial charge on any atom is 0.273 e. The average Bonchev–Trinajstić information content (AvgIpc) is 2.90. The van der Waals surface area contributed by atoms with Crippen molar-refractivity contribution in [2.24, 2.45) is 5.92 Å². The van der Waals surface area contributed by atoms with Gasteiger partial charge >= 0.3 is 0 Å². The van der Waals surface area contributed by atoms with Gasteiger partial charge in [0.1, 0.15) is 12.4 Å². The highest BCUT2D eigenvalue weighted by Crippen LogP contribution is 2.29. The van der Waals surface area contributed by atoms with E-state index in [4.69, 9.17) is 4.74 Å². The lowest BCUT2D eigenvalue weighted by Crippen LogP contribution is -2.20. The van der Waals surface area contributed by atoms with Gasteiger partial charge in [-0.3, -0.25) is 10.1 Å². The Balaban J connectivity index is 1.89. The van der Waals surface area contributed by atoms with Crippen LogP contribution in [0.3, 0.4) is 0 Å². The molecular formula is C15H21NO4. The Morgan fingerprint density at radius 2 is 2.15 bits per heavy atom. The number of benzene rings is 1. The monoisotopic (exact) mass is 279 g/mol. The van der Waals surface area contributed by atoms with Crippen molar-refractivity contribution in [3.63, 3.8) is 0 Å². The van der Waals surface area contributed by atoms with Crippen LogP contribution in [0.2, 0.25) is 0 Å². The molecule has 1 atom stereocenters. The van der Waals surface area contributed by atoms with Gasteiger partial charge in [0.15, 0.2) is 0 Å². The van der Waals surface area contributed by atoms with E-state index in [1.807, 2.05) is 6.92 Å². The summed E-state index contributed by atoms with van der Waals surface area (Å²) >= 11 is 0. The molecule has 1 saturated carbocycles. The van der Waals surface area contributed by atoms with Gasteiger partial charge in [-0.05, 0) is 30.9 Å². The number of aryl methyl sites for hydroxylation is 1. The van der Waals surface area contributed by atoms with Crippen molar-refractivity contribution < 1.29 is 14.8 Å². The molecule has 1 aromatic carbocycles. The first-order valence-corrected chi connectivity index (χ1v) is 7.12. The third-order valence-corrected chi connectivity index (χ3v) is 3.89. The van der Waals surface area contributed by atoms with Crippen LogP contribution < -0.4 is 4.74 Å². The van der Waals surface area contributed by atoms with Crippen LogP contribution in [-0.2, 0) is 0 Å². The SMILES string of the molecule is Cc1ccc([N+](=O)[O-])cc1OCC(O)CC1CCCC1. The Kier molecular flexibility index (Phi) is 4.95. The molecule has 110 valence electrons. The zero-order chi connectivity index (χ0) is 14.5. The fourth-order valence-electron chi connectivity index (χ4n) is 2.74. The number of hydrogen-bond acceptors (Lipinski definition) is 4. The molecule has 1 unspecified atom stereocenters. The van der Waals surface area contributed by atoms with E-state index in [2.05, 4.69) is 0 Å². The van der Waals surface area contributed by atoms with Crippen LogP contribution in [0.4, 0.5) is 5.69 Å². The smallest absolute Gasteiger partial charge is 0.273 e. The van der Waals surface area contributed by atoms with Crippen LogP contribution in [0.1, 0.15) is 37.7 Å². The minimum atomic E-state index is -0.503. The van der Waals surface area contributed by atoms with E-state index in [1.54, 1.807) is 6.07 Å². The van der Waals surface area contributed by atoms with E-state index in [1.165, 1.54) is 37.8 Å². The molecule has 1 aromatic rings. The van der Waals surface area contributed by atoms with Crippen molar-refractivity contribution in [1.82, 2.24) is 0 Å². The van der Waals surface area contributed by atoms with E-state index < -0.39 is 11.0 Å². The fraction of sp³-hybridized carbons (Fsp3) is 0.600. The fourth-order valence-corrected chi connectivity index (χ4v) is 2.74. The minimum Gasteiger partial charge on any atom is -0.490 e. The van der Waals surface area contributed by atoms with Crippen LogP contribution in [0.25, 0.3) is 0 Å². The van der Waals surface area contributed by atoms with Crippen molar-refractivity contribution in [3.8, 4) is 5.75 Å². The number of aliphatic hydroxyl groups is 1. The van der Waals surface area contributed by atoms with Gasteiger partial charge in [-0.15, -0.1) is 0 Å². The second-order valence-corrected chi connectivity index (χ2v) is 5.56. The summed E-state index contributed by atoms with van der Waals surface area (Å²) in [5.41, 5.74) is 0.847. The predicted octanol–water partition coefficient (Wildman–Crippen LogP) is 3.22. The van der Waals surface area contributed by atoms with Crippen LogP contribution in [0, 0.1) is 23.0 Å². The van der Waals surface area contributed by atoms with Gasteiger partial charge in [0.05, 0.1) is 17.1 Å². The molecule has 1 N–H and O–H groups in total. The summed E-state index contributed by atoms with van der Waals surface area (Å²) in [6, 6.07) is 4.53. The molecule has 5 heteroatoms. The third-order valence-electron chi connectivity index (χ3n) is 3.89. The van der Waals surface area contributed by atoms with Crippen molar-refractivity contribution in [3.05, 3.63) is 33.9 Å². The number of nitro groups is 1. The zero-order valence-corrected chi connectivity index (χ0v) is 11.7. The predicted molar refractivity (Wildman–Crippen MR) is 75.9 cm³/mol. The third kappa shape index (κ3) is 3.93. The van der Waals surface area contributed by atoms with Gasteiger partial charge in [-0.1, -0.05) is 25.7 Å². The zero-order valence-electron chi connectivity index (χ0n) is 11.7. The highest BCUT2D eigenvalue weighted by atomic mass is 16.6. The second-order valence-electron chi connectivity index (χ2n) is 5.56. The Hall–Kier alpha value is -1.62. The Labute approximate surface area is 118 Å². The number of rotatable bonds is 6. The van der Waals surface area contributed by atoms with Gasteiger partial charge in [0, 0.05) is 6.07 Å². The summed E-state index contributed by atoms with van der Waals surface area (Å²) in [5.74, 6) is 1.07. The topological polar surface area (TPSA) is 72.6 Å². The number of aliphatic hydroxyl groups excluding tert-OH is 1. The van der Waals surface area contributed by atoms with Crippen LogP contribution in [0.15, 0.2) is 18.2 Å². The number of nitro benzene ring substituents is 1. The molecular weight excluding hydrogens is 258 g/mol. The number of ether oxygens (including phenoxy) is 1. The standard InChI is InChI=1S/C15H21NO4/c1-11-6-7-13(16(18)19)9-15(11)20-10-14(17)8-12-4-2-3-5-12/h6-7,9,12,14,17H,2-5,8,10H2,1H3. The molecule has 0 aliphatic heterocycles. The average molecular weight is 279 g/mol. The van der Waals surface area contributed by atoms with E-state index in [0.29, 0.717) is 11.7 Å². The Morgan fingerprint density at radius 3 is 2.80 bits per heavy atom. The van der Waals surface area contributed by atoms with Crippen molar-refractivity contribution in [2.75, 3.05) is 6.61 Å². The van der Waals surface area contributed by atoms with E-state index in [9.17, 15) is 15.2 Å². The first kappa shape index (κ1) is 14.8. The summed E-state index contributed by atoms with van der Waals surface area (Å²) in [4.78, 5) is 10.3. The molecule has 1 fully saturated rings. The van der Waals surface area contributed by atoms with Gasteiger partial charge in [-0.25, -0.2) is 0 Å². The maximum absolute atomic E-state index is 10.7. The second kappa shape index (κ2) is 6.70. The lowest BCUT2D eigenvalue weighted by atomic mass is 10.0. The number of hydrogen-bond donors (Lipinski definition) is 1. The van der Waals surface area contributed by atoms with Crippen LogP contribution in [0.5, 0.6) is 5.75 Å². The van der Waals surface area contributed by atoms with Crippen molar-refractivity contribution in [2.45, 2.75) is 45.1 Å². The highest BCUT2D eigenvalue weighted by Gasteiger charge is 2.19. The summed E-state index contributed by atoms with van der Waals surface area (Å²) in [6.45, 7) is 2.03. The molecule has 0 radical (unpaired) electrons. The minimum absolute atomic E-state index is 0.0101. The van der Waals surface area contributed by atoms with E-state index >= 15 is 0 Å². The lowest BCUT2D eigenvalue weighted by Gasteiger charge is -2.16. The molecule has 2 rings (SSSR count). The van der Waals surface area contributed by atoms with Crippen molar-refractivity contribution >= 4 is 5.69 Å². The summed E-state index contributed by atoms with van der Waals surface area (Å²) in [6.07, 6.45) is 5.13. The molecule has 1 aliphatic carbocycles. The Morgan fingerprint density at radius 1 is 1.45 bits per heavy atom. The molecule has 0 bridgehead atoms.